The Morgan fingerprint density at radius 3 is 2.45 bits per heavy atom. The second kappa shape index (κ2) is 8.65. The largest absolute Gasteiger partial charge is 0.352 e. The highest BCUT2D eigenvalue weighted by molar-refractivity contribution is 7.22. The Bertz CT molecular complexity index is 1320. The van der Waals surface area contributed by atoms with Crippen molar-refractivity contribution in [3.8, 4) is 10.4 Å². The lowest BCUT2D eigenvalue weighted by atomic mass is 10.1. The van der Waals surface area contributed by atoms with E-state index in [4.69, 9.17) is 0 Å². The number of thiophene rings is 1. The van der Waals surface area contributed by atoms with Crippen LogP contribution in [0.3, 0.4) is 0 Å². The van der Waals surface area contributed by atoms with Gasteiger partial charge in [0.25, 0.3) is 5.56 Å². The average Bonchev–Trinajstić information content (AvgIpc) is 3.12. The SMILES string of the molecule is CC(=O)NCc1ccc(C(=O)Cn2cnc3sc(-c4ccccc4)c(C)c3c2=O)cc1. The van der Waals surface area contributed by atoms with Gasteiger partial charge in [0, 0.05) is 23.9 Å². The number of rotatable bonds is 6. The second-order valence-electron chi connectivity index (χ2n) is 7.31. The topological polar surface area (TPSA) is 81.1 Å². The first kappa shape index (κ1) is 20.7. The van der Waals surface area contributed by atoms with Crippen LogP contribution in [0.25, 0.3) is 20.7 Å². The molecule has 0 aliphatic heterocycles. The van der Waals surface area contributed by atoms with Crippen molar-refractivity contribution in [1.82, 2.24) is 14.9 Å². The maximum atomic E-state index is 13.1. The van der Waals surface area contributed by atoms with E-state index in [1.807, 2.05) is 37.3 Å². The van der Waals surface area contributed by atoms with Gasteiger partial charge in [-0.25, -0.2) is 4.98 Å². The Labute approximate surface area is 183 Å². The van der Waals surface area contributed by atoms with Gasteiger partial charge in [-0.2, -0.15) is 0 Å². The van der Waals surface area contributed by atoms with Crippen molar-refractivity contribution in [3.05, 3.63) is 88.0 Å². The van der Waals surface area contributed by atoms with E-state index in [0.717, 1.165) is 21.6 Å². The molecule has 0 fully saturated rings. The van der Waals surface area contributed by atoms with Crippen LogP contribution in [0.2, 0.25) is 0 Å². The number of carbonyl (C=O) groups excluding carboxylic acids is 2. The average molecular weight is 432 g/mol. The number of nitrogens with one attached hydrogen (secondary N) is 1. The van der Waals surface area contributed by atoms with Crippen LogP contribution < -0.4 is 10.9 Å². The maximum absolute atomic E-state index is 13.1. The third-order valence-corrected chi connectivity index (χ3v) is 6.33. The molecule has 4 aromatic rings. The van der Waals surface area contributed by atoms with E-state index in [-0.39, 0.29) is 23.8 Å². The van der Waals surface area contributed by atoms with Gasteiger partial charge in [0.2, 0.25) is 5.91 Å². The van der Waals surface area contributed by atoms with Crippen LogP contribution in [0.1, 0.15) is 28.4 Å². The Kier molecular flexibility index (Phi) is 5.77. The van der Waals surface area contributed by atoms with Crippen molar-refractivity contribution >= 4 is 33.2 Å². The van der Waals surface area contributed by atoms with Crippen molar-refractivity contribution in [2.45, 2.75) is 26.9 Å². The first-order chi connectivity index (χ1) is 14.9. The molecule has 6 nitrogen and oxygen atoms in total. The molecular weight excluding hydrogens is 410 g/mol. The molecule has 7 heteroatoms. The summed E-state index contributed by atoms with van der Waals surface area (Å²) in [7, 11) is 0. The number of nitrogens with zero attached hydrogens (tertiary/aromatic N) is 2. The van der Waals surface area contributed by atoms with Gasteiger partial charge in [-0.05, 0) is 23.6 Å². The van der Waals surface area contributed by atoms with Gasteiger partial charge < -0.3 is 5.32 Å². The minimum Gasteiger partial charge on any atom is -0.352 e. The number of carbonyl (C=O) groups is 2. The smallest absolute Gasteiger partial charge is 0.262 e. The molecule has 0 spiro atoms. The molecule has 31 heavy (non-hydrogen) atoms. The molecule has 0 aliphatic rings. The highest BCUT2D eigenvalue weighted by atomic mass is 32.1. The van der Waals surface area contributed by atoms with Crippen molar-refractivity contribution in [2.75, 3.05) is 0 Å². The molecule has 1 N–H and O–H groups in total. The van der Waals surface area contributed by atoms with E-state index in [1.165, 1.54) is 29.2 Å². The van der Waals surface area contributed by atoms with E-state index >= 15 is 0 Å². The lowest BCUT2D eigenvalue weighted by Gasteiger charge is -2.07. The fraction of sp³-hybridized carbons (Fsp3) is 0.167. The third-order valence-electron chi connectivity index (χ3n) is 5.08. The van der Waals surface area contributed by atoms with E-state index in [0.29, 0.717) is 22.3 Å². The Balaban J connectivity index is 1.59. The van der Waals surface area contributed by atoms with Gasteiger partial charge in [0.05, 0.1) is 18.3 Å². The zero-order chi connectivity index (χ0) is 22.0. The molecular formula is C24H21N3O3S. The lowest BCUT2D eigenvalue weighted by molar-refractivity contribution is -0.119. The molecule has 2 aromatic heterocycles. The summed E-state index contributed by atoms with van der Waals surface area (Å²) in [6.45, 7) is 3.70. The standard InChI is InChI=1S/C24H21N3O3S/c1-15-21-23(31-22(15)19-6-4-3-5-7-19)26-14-27(24(21)30)13-20(29)18-10-8-17(9-11-18)12-25-16(2)28/h3-11,14H,12-13H2,1-2H3,(H,25,28). The number of benzene rings is 2. The molecule has 0 bridgehead atoms. The number of ketones is 1. The number of aryl methyl sites for hydroxylation is 1. The molecule has 0 atom stereocenters. The van der Waals surface area contributed by atoms with Crippen LogP contribution in [-0.2, 0) is 17.9 Å². The second-order valence-corrected chi connectivity index (χ2v) is 8.31. The Morgan fingerprint density at radius 2 is 1.77 bits per heavy atom. The van der Waals surface area contributed by atoms with Gasteiger partial charge >= 0.3 is 0 Å². The van der Waals surface area contributed by atoms with Gasteiger partial charge in [0.1, 0.15) is 4.83 Å². The minimum atomic E-state index is -0.212. The fourth-order valence-corrected chi connectivity index (χ4v) is 4.56. The van der Waals surface area contributed by atoms with Crippen molar-refractivity contribution in [1.29, 1.82) is 0 Å². The van der Waals surface area contributed by atoms with Crippen LogP contribution in [0, 0.1) is 6.92 Å². The van der Waals surface area contributed by atoms with Crippen LogP contribution in [0.4, 0.5) is 0 Å². The van der Waals surface area contributed by atoms with Gasteiger partial charge in [-0.1, -0.05) is 54.6 Å². The summed E-state index contributed by atoms with van der Waals surface area (Å²) in [5.41, 5.74) is 3.12. The molecule has 1 amide bonds. The number of aromatic nitrogens is 2. The molecule has 2 heterocycles. The molecule has 156 valence electrons. The normalized spacial score (nSPS) is 10.9. The van der Waals surface area contributed by atoms with Crippen molar-refractivity contribution in [2.24, 2.45) is 0 Å². The highest BCUT2D eigenvalue weighted by Crippen LogP contribution is 2.35. The Hall–Kier alpha value is -3.58. The van der Waals surface area contributed by atoms with Gasteiger partial charge in [0.15, 0.2) is 5.78 Å². The zero-order valence-corrected chi connectivity index (χ0v) is 18.0. The number of hydrogen-bond donors (Lipinski definition) is 1. The monoisotopic (exact) mass is 431 g/mol. The molecule has 0 aliphatic carbocycles. The van der Waals surface area contributed by atoms with E-state index in [2.05, 4.69) is 10.3 Å². The predicted molar refractivity (Wildman–Crippen MR) is 122 cm³/mol. The highest BCUT2D eigenvalue weighted by Gasteiger charge is 2.17. The number of Topliss-reactive ketones (excluding diaryl/α,β-unsaturated/α-hetero) is 1. The first-order valence-corrected chi connectivity index (χ1v) is 10.7. The van der Waals surface area contributed by atoms with E-state index in [1.54, 1.807) is 24.3 Å². The van der Waals surface area contributed by atoms with Crippen LogP contribution in [-0.4, -0.2) is 21.2 Å². The van der Waals surface area contributed by atoms with E-state index in [9.17, 15) is 14.4 Å². The predicted octanol–water partition coefficient (Wildman–Crippen LogP) is 3.95. The summed E-state index contributed by atoms with van der Waals surface area (Å²) >= 11 is 1.48. The number of fused-ring (bicyclic) bond motifs is 1. The minimum absolute atomic E-state index is 0.0806. The van der Waals surface area contributed by atoms with Crippen molar-refractivity contribution in [3.63, 3.8) is 0 Å². The third kappa shape index (κ3) is 4.32. The zero-order valence-electron chi connectivity index (χ0n) is 17.2. The maximum Gasteiger partial charge on any atom is 0.262 e. The molecule has 4 rings (SSSR count). The summed E-state index contributed by atoms with van der Waals surface area (Å²) in [4.78, 5) is 43.0. The van der Waals surface area contributed by atoms with Gasteiger partial charge in [-0.15, -0.1) is 11.3 Å². The van der Waals surface area contributed by atoms with E-state index < -0.39 is 0 Å². The van der Waals surface area contributed by atoms with Crippen molar-refractivity contribution < 1.29 is 9.59 Å². The summed E-state index contributed by atoms with van der Waals surface area (Å²) in [6, 6.07) is 16.9. The van der Waals surface area contributed by atoms with Gasteiger partial charge in [-0.3, -0.25) is 19.0 Å². The molecule has 2 aromatic carbocycles. The lowest BCUT2D eigenvalue weighted by Crippen LogP contribution is -2.24. The van der Waals surface area contributed by atoms with Crippen LogP contribution in [0.5, 0.6) is 0 Å². The summed E-state index contributed by atoms with van der Waals surface area (Å²) < 4.78 is 1.37. The molecule has 0 radical (unpaired) electrons. The summed E-state index contributed by atoms with van der Waals surface area (Å²) in [5.74, 6) is -0.285. The fourth-order valence-electron chi connectivity index (χ4n) is 3.42. The quantitative estimate of drug-likeness (QED) is 0.469. The number of amides is 1. The molecule has 0 unspecified atom stereocenters. The summed E-state index contributed by atoms with van der Waals surface area (Å²) in [5, 5.41) is 3.28. The molecule has 0 saturated carbocycles. The van der Waals surface area contributed by atoms with Crippen LogP contribution in [0.15, 0.2) is 65.7 Å². The number of hydrogen-bond acceptors (Lipinski definition) is 5. The summed E-state index contributed by atoms with van der Waals surface area (Å²) in [6.07, 6.45) is 1.44. The Morgan fingerprint density at radius 1 is 1.06 bits per heavy atom. The molecule has 0 saturated heterocycles. The van der Waals surface area contributed by atoms with Crippen LogP contribution >= 0.6 is 11.3 Å². The first-order valence-electron chi connectivity index (χ1n) is 9.84.